The second kappa shape index (κ2) is 8.23. The van der Waals surface area contributed by atoms with Crippen molar-refractivity contribution in [2.45, 2.75) is 6.92 Å². The lowest BCUT2D eigenvalue weighted by atomic mass is 10.1. The monoisotopic (exact) mass is 373 g/mol. The van der Waals surface area contributed by atoms with Gasteiger partial charge in [-0.25, -0.2) is 0 Å². The molecule has 0 radical (unpaired) electrons. The van der Waals surface area contributed by atoms with E-state index >= 15 is 0 Å². The van der Waals surface area contributed by atoms with E-state index in [1.54, 1.807) is 6.20 Å². The number of benzene rings is 2. The SMILES string of the molecule is Cc1ccc(N2CCOCC2)c(C(=O)Nc2ccccc2-c2ccccn2)c1. The molecule has 1 aromatic heterocycles. The topological polar surface area (TPSA) is 54.5 Å². The van der Waals surface area contributed by atoms with Crippen molar-refractivity contribution in [3.05, 3.63) is 78.0 Å². The number of aromatic nitrogens is 1. The highest BCUT2D eigenvalue weighted by Crippen LogP contribution is 2.28. The van der Waals surface area contributed by atoms with Crippen LogP contribution in [0.2, 0.25) is 0 Å². The summed E-state index contributed by atoms with van der Waals surface area (Å²) in [6.07, 6.45) is 1.75. The van der Waals surface area contributed by atoms with Crippen LogP contribution in [-0.4, -0.2) is 37.2 Å². The van der Waals surface area contributed by atoms with Crippen LogP contribution in [0.5, 0.6) is 0 Å². The summed E-state index contributed by atoms with van der Waals surface area (Å²) >= 11 is 0. The third-order valence-electron chi connectivity index (χ3n) is 4.86. The molecule has 1 saturated heterocycles. The Morgan fingerprint density at radius 3 is 2.61 bits per heavy atom. The molecule has 0 spiro atoms. The third-order valence-corrected chi connectivity index (χ3v) is 4.86. The maximum atomic E-state index is 13.2. The van der Waals surface area contributed by atoms with Gasteiger partial charge in [0.05, 0.1) is 30.2 Å². The van der Waals surface area contributed by atoms with E-state index in [4.69, 9.17) is 4.74 Å². The molecule has 3 aromatic rings. The number of carbonyl (C=O) groups is 1. The lowest BCUT2D eigenvalue weighted by molar-refractivity contribution is 0.102. The standard InChI is InChI=1S/C23H23N3O2/c1-17-9-10-22(26-12-14-28-15-13-26)19(16-17)23(27)25-21-8-3-2-6-18(21)20-7-4-5-11-24-20/h2-11,16H,12-15H2,1H3,(H,25,27). The van der Waals surface area contributed by atoms with Crippen molar-refractivity contribution in [3.63, 3.8) is 0 Å². The third kappa shape index (κ3) is 3.89. The first-order chi connectivity index (χ1) is 13.7. The Kier molecular flexibility index (Phi) is 5.35. The van der Waals surface area contributed by atoms with E-state index in [0.29, 0.717) is 18.8 Å². The van der Waals surface area contributed by atoms with Gasteiger partial charge in [-0.3, -0.25) is 9.78 Å². The molecular weight excluding hydrogens is 350 g/mol. The van der Waals surface area contributed by atoms with E-state index in [2.05, 4.69) is 15.2 Å². The minimum atomic E-state index is -0.117. The van der Waals surface area contributed by atoms with Crippen molar-refractivity contribution in [2.24, 2.45) is 0 Å². The number of aryl methyl sites for hydroxylation is 1. The van der Waals surface area contributed by atoms with E-state index < -0.39 is 0 Å². The lowest BCUT2D eigenvalue weighted by Crippen LogP contribution is -2.37. The normalized spacial score (nSPS) is 14.0. The number of para-hydroxylation sites is 1. The van der Waals surface area contributed by atoms with Gasteiger partial charge in [0, 0.05) is 30.5 Å². The maximum absolute atomic E-state index is 13.2. The van der Waals surface area contributed by atoms with E-state index in [9.17, 15) is 4.79 Å². The van der Waals surface area contributed by atoms with Gasteiger partial charge in [0.15, 0.2) is 0 Å². The number of nitrogens with one attached hydrogen (secondary N) is 1. The fourth-order valence-electron chi connectivity index (χ4n) is 3.44. The number of ether oxygens (including phenoxy) is 1. The number of carbonyl (C=O) groups excluding carboxylic acids is 1. The van der Waals surface area contributed by atoms with Crippen LogP contribution in [0.1, 0.15) is 15.9 Å². The minimum absolute atomic E-state index is 0.117. The first-order valence-corrected chi connectivity index (χ1v) is 9.47. The number of morpholine rings is 1. The molecule has 28 heavy (non-hydrogen) atoms. The molecule has 5 nitrogen and oxygen atoms in total. The van der Waals surface area contributed by atoms with Crippen molar-refractivity contribution in [3.8, 4) is 11.3 Å². The average molecular weight is 373 g/mol. The summed E-state index contributed by atoms with van der Waals surface area (Å²) in [5.74, 6) is -0.117. The zero-order chi connectivity index (χ0) is 19.3. The number of hydrogen-bond donors (Lipinski definition) is 1. The summed E-state index contributed by atoms with van der Waals surface area (Å²) in [4.78, 5) is 19.9. The number of pyridine rings is 1. The van der Waals surface area contributed by atoms with Crippen LogP contribution in [0.3, 0.4) is 0 Å². The number of anilines is 2. The average Bonchev–Trinajstić information content (AvgIpc) is 2.75. The predicted octanol–water partition coefficient (Wildman–Crippen LogP) is 4.15. The zero-order valence-electron chi connectivity index (χ0n) is 15.9. The molecule has 1 fully saturated rings. The van der Waals surface area contributed by atoms with Crippen LogP contribution in [0, 0.1) is 6.92 Å². The molecule has 0 atom stereocenters. The molecule has 5 heteroatoms. The molecule has 0 saturated carbocycles. The molecule has 1 aliphatic heterocycles. The van der Waals surface area contributed by atoms with Crippen LogP contribution in [-0.2, 0) is 4.74 Å². The summed E-state index contributed by atoms with van der Waals surface area (Å²) in [6, 6.07) is 19.5. The molecule has 142 valence electrons. The largest absolute Gasteiger partial charge is 0.378 e. The summed E-state index contributed by atoms with van der Waals surface area (Å²) in [6.45, 7) is 4.93. The Bertz CT molecular complexity index is 967. The van der Waals surface area contributed by atoms with Gasteiger partial charge in [0.25, 0.3) is 5.91 Å². The van der Waals surface area contributed by atoms with Gasteiger partial charge < -0.3 is 15.0 Å². The van der Waals surface area contributed by atoms with Gasteiger partial charge in [-0.15, -0.1) is 0 Å². The lowest BCUT2D eigenvalue weighted by Gasteiger charge is -2.30. The van der Waals surface area contributed by atoms with Gasteiger partial charge in [0.1, 0.15) is 0 Å². The van der Waals surface area contributed by atoms with Gasteiger partial charge >= 0.3 is 0 Å². The van der Waals surface area contributed by atoms with Crippen molar-refractivity contribution < 1.29 is 9.53 Å². The van der Waals surface area contributed by atoms with Gasteiger partial charge in [0.2, 0.25) is 0 Å². The van der Waals surface area contributed by atoms with E-state index in [1.807, 2.05) is 67.6 Å². The molecule has 1 N–H and O–H groups in total. The summed E-state index contributed by atoms with van der Waals surface area (Å²) in [5, 5.41) is 3.10. The second-order valence-electron chi connectivity index (χ2n) is 6.83. The quantitative estimate of drug-likeness (QED) is 0.747. The first kappa shape index (κ1) is 18.2. The molecule has 4 rings (SSSR count). The Morgan fingerprint density at radius 1 is 1.04 bits per heavy atom. The number of rotatable bonds is 4. The fraction of sp³-hybridized carbons (Fsp3) is 0.217. The molecular formula is C23H23N3O2. The summed E-state index contributed by atoms with van der Waals surface area (Å²) in [5.41, 5.74) is 5.16. The Balaban J connectivity index is 1.66. The van der Waals surface area contributed by atoms with Crippen molar-refractivity contribution in [1.82, 2.24) is 4.98 Å². The van der Waals surface area contributed by atoms with Crippen LogP contribution < -0.4 is 10.2 Å². The Hall–Kier alpha value is -3.18. The zero-order valence-corrected chi connectivity index (χ0v) is 15.9. The second-order valence-corrected chi connectivity index (χ2v) is 6.83. The highest BCUT2D eigenvalue weighted by molar-refractivity contribution is 6.09. The summed E-state index contributed by atoms with van der Waals surface area (Å²) in [7, 11) is 0. The number of hydrogen-bond acceptors (Lipinski definition) is 4. The Morgan fingerprint density at radius 2 is 1.82 bits per heavy atom. The fourth-order valence-corrected chi connectivity index (χ4v) is 3.44. The maximum Gasteiger partial charge on any atom is 0.257 e. The van der Waals surface area contributed by atoms with E-state index in [1.165, 1.54) is 0 Å². The van der Waals surface area contributed by atoms with Crippen LogP contribution in [0.4, 0.5) is 11.4 Å². The van der Waals surface area contributed by atoms with E-state index in [-0.39, 0.29) is 5.91 Å². The van der Waals surface area contributed by atoms with Crippen LogP contribution >= 0.6 is 0 Å². The van der Waals surface area contributed by atoms with Gasteiger partial charge in [-0.05, 0) is 37.3 Å². The highest BCUT2D eigenvalue weighted by Gasteiger charge is 2.20. The molecule has 1 amide bonds. The predicted molar refractivity (Wildman–Crippen MR) is 112 cm³/mol. The van der Waals surface area contributed by atoms with Crippen molar-refractivity contribution in [2.75, 3.05) is 36.5 Å². The van der Waals surface area contributed by atoms with Gasteiger partial charge in [-0.1, -0.05) is 35.9 Å². The molecule has 0 aliphatic carbocycles. The highest BCUT2D eigenvalue weighted by atomic mass is 16.5. The van der Waals surface area contributed by atoms with Crippen molar-refractivity contribution >= 4 is 17.3 Å². The van der Waals surface area contributed by atoms with Crippen LogP contribution in [0.25, 0.3) is 11.3 Å². The smallest absolute Gasteiger partial charge is 0.257 e. The molecule has 0 unspecified atom stereocenters. The first-order valence-electron chi connectivity index (χ1n) is 9.47. The van der Waals surface area contributed by atoms with Crippen molar-refractivity contribution in [1.29, 1.82) is 0 Å². The summed E-state index contributed by atoms with van der Waals surface area (Å²) < 4.78 is 5.46. The molecule has 0 bridgehead atoms. The number of nitrogens with zero attached hydrogens (tertiary/aromatic N) is 2. The molecule has 1 aliphatic rings. The Labute approximate surface area is 165 Å². The number of amides is 1. The van der Waals surface area contributed by atoms with Crippen LogP contribution in [0.15, 0.2) is 66.9 Å². The van der Waals surface area contributed by atoms with E-state index in [0.717, 1.165) is 41.3 Å². The van der Waals surface area contributed by atoms with Gasteiger partial charge in [-0.2, -0.15) is 0 Å². The molecule has 2 aromatic carbocycles. The minimum Gasteiger partial charge on any atom is -0.378 e. The molecule has 2 heterocycles.